The van der Waals surface area contributed by atoms with Crippen LogP contribution >= 0.6 is 0 Å². The molecule has 0 unspecified atom stereocenters. The summed E-state index contributed by atoms with van der Waals surface area (Å²) in [6.45, 7) is 7.27. The summed E-state index contributed by atoms with van der Waals surface area (Å²) in [6.07, 6.45) is 0. The average Bonchev–Trinajstić information content (AvgIpc) is 2.73. The molecule has 3 aromatic rings. The summed E-state index contributed by atoms with van der Waals surface area (Å²) in [5.41, 5.74) is 2.72. The summed E-state index contributed by atoms with van der Waals surface area (Å²) < 4.78 is 5.13. The molecule has 0 spiro atoms. The van der Waals surface area contributed by atoms with Crippen LogP contribution in [0.15, 0.2) is 53.3 Å². The van der Waals surface area contributed by atoms with Crippen molar-refractivity contribution >= 4 is 11.6 Å². The highest BCUT2D eigenvalue weighted by Gasteiger charge is 2.08. The minimum Gasteiger partial charge on any atom is -0.497 e. The van der Waals surface area contributed by atoms with Crippen LogP contribution in [0, 0.1) is 0 Å². The lowest BCUT2D eigenvalue weighted by Gasteiger charge is -2.18. The zero-order valence-electron chi connectivity index (χ0n) is 16.4. The number of aromatic amines is 1. The summed E-state index contributed by atoms with van der Waals surface area (Å²) in [5, 5.41) is 11.3. The van der Waals surface area contributed by atoms with Crippen LogP contribution in [-0.2, 0) is 6.54 Å². The summed E-state index contributed by atoms with van der Waals surface area (Å²) in [7, 11) is 1.60. The van der Waals surface area contributed by atoms with Crippen molar-refractivity contribution < 1.29 is 4.74 Å². The van der Waals surface area contributed by atoms with E-state index < -0.39 is 0 Å². The Kier molecular flexibility index (Phi) is 6.39. The number of ether oxygens (including phenoxy) is 1. The van der Waals surface area contributed by atoms with E-state index in [2.05, 4.69) is 51.4 Å². The molecule has 2 aromatic carbocycles. The molecule has 0 aliphatic heterocycles. The first-order valence-electron chi connectivity index (χ1n) is 9.32. The fraction of sp³-hybridized carbons (Fsp3) is 0.286. The number of rotatable bonds is 8. The molecular weight excluding hydrogens is 354 g/mol. The van der Waals surface area contributed by atoms with Crippen molar-refractivity contribution in [3.8, 4) is 17.0 Å². The summed E-state index contributed by atoms with van der Waals surface area (Å²) in [5.74, 6) is 1.02. The number of nitrogens with zero attached hydrogens (tertiary/aromatic N) is 3. The third-order valence-corrected chi connectivity index (χ3v) is 4.58. The van der Waals surface area contributed by atoms with Gasteiger partial charge in [-0.15, -0.1) is 10.2 Å². The van der Waals surface area contributed by atoms with Gasteiger partial charge in [0, 0.05) is 17.8 Å². The van der Waals surface area contributed by atoms with Gasteiger partial charge in [0.25, 0.3) is 5.56 Å². The van der Waals surface area contributed by atoms with Gasteiger partial charge in [0.15, 0.2) is 5.69 Å². The van der Waals surface area contributed by atoms with Crippen LogP contribution < -0.4 is 15.6 Å². The van der Waals surface area contributed by atoms with Crippen molar-refractivity contribution in [2.75, 3.05) is 25.5 Å². The number of nitrogens with one attached hydrogen (secondary N) is 2. The van der Waals surface area contributed by atoms with Crippen LogP contribution in [-0.4, -0.2) is 40.3 Å². The number of hydrogen-bond donors (Lipinski definition) is 2. The third kappa shape index (κ3) is 4.75. The summed E-state index contributed by atoms with van der Waals surface area (Å²) >= 11 is 0. The van der Waals surface area contributed by atoms with Crippen LogP contribution in [0.3, 0.4) is 0 Å². The predicted octanol–water partition coefficient (Wildman–Crippen LogP) is 3.43. The van der Waals surface area contributed by atoms with E-state index in [1.165, 1.54) is 5.56 Å². The largest absolute Gasteiger partial charge is 0.497 e. The van der Waals surface area contributed by atoms with Gasteiger partial charge in [-0.2, -0.15) is 0 Å². The highest BCUT2D eigenvalue weighted by molar-refractivity contribution is 5.60. The molecule has 3 rings (SSSR count). The van der Waals surface area contributed by atoms with Gasteiger partial charge in [-0.05, 0) is 55.1 Å². The molecule has 7 heteroatoms. The second-order valence-electron chi connectivity index (χ2n) is 6.36. The number of aromatic nitrogens is 3. The second-order valence-corrected chi connectivity index (χ2v) is 6.36. The average molecular weight is 379 g/mol. The van der Waals surface area contributed by atoms with Crippen molar-refractivity contribution in [1.29, 1.82) is 0 Å². The van der Waals surface area contributed by atoms with Crippen molar-refractivity contribution in [2.24, 2.45) is 0 Å². The van der Waals surface area contributed by atoms with Crippen LogP contribution in [0.4, 0.5) is 11.6 Å². The van der Waals surface area contributed by atoms with Gasteiger partial charge < -0.3 is 10.1 Å². The van der Waals surface area contributed by atoms with Crippen LogP contribution in [0.1, 0.15) is 19.4 Å². The lowest BCUT2D eigenvalue weighted by molar-refractivity contribution is 0.296. The Morgan fingerprint density at radius 2 is 1.68 bits per heavy atom. The number of hydrogen-bond acceptors (Lipinski definition) is 6. The van der Waals surface area contributed by atoms with Gasteiger partial charge >= 0.3 is 0 Å². The number of H-pyrrole nitrogens is 1. The topological polar surface area (TPSA) is 83.1 Å². The Morgan fingerprint density at radius 1 is 1.00 bits per heavy atom. The second kappa shape index (κ2) is 9.14. The molecule has 0 fully saturated rings. The first-order valence-corrected chi connectivity index (χ1v) is 9.32. The molecule has 0 saturated carbocycles. The molecule has 1 heterocycles. The van der Waals surface area contributed by atoms with Gasteiger partial charge in [-0.25, -0.2) is 0 Å². The molecule has 2 N–H and O–H groups in total. The lowest BCUT2D eigenvalue weighted by atomic mass is 10.1. The van der Waals surface area contributed by atoms with E-state index in [0.717, 1.165) is 31.1 Å². The van der Waals surface area contributed by atoms with Gasteiger partial charge in [-0.1, -0.05) is 26.0 Å². The third-order valence-electron chi connectivity index (χ3n) is 4.58. The van der Waals surface area contributed by atoms with Crippen LogP contribution in [0.2, 0.25) is 0 Å². The Bertz CT molecular complexity index is 948. The predicted molar refractivity (Wildman–Crippen MR) is 111 cm³/mol. The highest BCUT2D eigenvalue weighted by atomic mass is 16.5. The molecule has 0 aliphatic rings. The standard InChI is InChI=1S/C21H25N5O2/c1-4-26(5-2)14-15-6-10-17(11-7-15)22-21-23-20(27)19(24-25-21)16-8-12-18(28-3)13-9-16/h6-13H,4-5,14H2,1-3H3,(H2,22,23,25,27). The van der Waals surface area contributed by atoms with Gasteiger partial charge in [0.2, 0.25) is 5.95 Å². The quantitative estimate of drug-likeness (QED) is 0.624. The zero-order chi connectivity index (χ0) is 19.9. The highest BCUT2D eigenvalue weighted by Crippen LogP contribution is 2.18. The first kappa shape index (κ1) is 19.6. The maximum atomic E-state index is 12.4. The van der Waals surface area contributed by atoms with E-state index in [1.807, 2.05) is 12.1 Å². The molecule has 28 heavy (non-hydrogen) atoms. The number of benzene rings is 2. The normalized spacial score (nSPS) is 10.9. The van der Waals surface area contributed by atoms with Crippen molar-refractivity contribution in [3.63, 3.8) is 0 Å². The molecule has 0 saturated heterocycles. The first-order chi connectivity index (χ1) is 13.6. The van der Waals surface area contributed by atoms with Crippen molar-refractivity contribution in [3.05, 3.63) is 64.4 Å². The molecular formula is C21H25N5O2. The Hall–Kier alpha value is -3.19. The molecule has 0 atom stereocenters. The van der Waals surface area contributed by atoms with E-state index in [-0.39, 0.29) is 11.3 Å². The molecule has 0 radical (unpaired) electrons. The molecule has 0 aliphatic carbocycles. The molecule has 146 valence electrons. The van der Waals surface area contributed by atoms with Crippen molar-refractivity contribution in [1.82, 2.24) is 20.1 Å². The van der Waals surface area contributed by atoms with Crippen LogP contribution in [0.5, 0.6) is 5.75 Å². The zero-order valence-corrected chi connectivity index (χ0v) is 16.4. The van der Waals surface area contributed by atoms with Crippen LogP contribution in [0.25, 0.3) is 11.3 Å². The Labute approximate surface area is 164 Å². The maximum Gasteiger partial charge on any atom is 0.279 e. The summed E-state index contributed by atoms with van der Waals surface area (Å²) in [6, 6.07) is 15.2. The fourth-order valence-corrected chi connectivity index (χ4v) is 2.87. The number of anilines is 2. The summed E-state index contributed by atoms with van der Waals surface area (Å²) in [4.78, 5) is 17.5. The van der Waals surface area contributed by atoms with E-state index in [9.17, 15) is 4.79 Å². The van der Waals surface area contributed by atoms with E-state index in [4.69, 9.17) is 4.74 Å². The maximum absolute atomic E-state index is 12.4. The van der Waals surface area contributed by atoms with Gasteiger partial charge in [0.05, 0.1) is 7.11 Å². The Morgan fingerprint density at radius 3 is 2.25 bits per heavy atom. The fourth-order valence-electron chi connectivity index (χ4n) is 2.87. The minimum absolute atomic E-state index is 0.266. The molecule has 0 bridgehead atoms. The Balaban J connectivity index is 1.71. The van der Waals surface area contributed by atoms with E-state index >= 15 is 0 Å². The molecule has 1 aromatic heterocycles. The van der Waals surface area contributed by atoms with Gasteiger partial charge in [0.1, 0.15) is 5.75 Å². The minimum atomic E-state index is -0.305. The van der Waals surface area contributed by atoms with Crippen molar-refractivity contribution in [2.45, 2.75) is 20.4 Å². The van der Waals surface area contributed by atoms with E-state index in [0.29, 0.717) is 11.5 Å². The smallest absolute Gasteiger partial charge is 0.279 e. The monoisotopic (exact) mass is 379 g/mol. The molecule has 0 amide bonds. The number of methoxy groups -OCH3 is 1. The van der Waals surface area contributed by atoms with E-state index in [1.54, 1.807) is 31.4 Å². The molecule has 7 nitrogen and oxygen atoms in total. The lowest BCUT2D eigenvalue weighted by Crippen LogP contribution is -2.22. The SMILES string of the molecule is CCN(CC)Cc1ccc(Nc2nnc(-c3ccc(OC)cc3)c(=O)[nH]2)cc1. The van der Waals surface area contributed by atoms with Gasteiger partial charge in [-0.3, -0.25) is 14.7 Å².